The first-order valence-electron chi connectivity index (χ1n) is 11.2. The Labute approximate surface area is 209 Å². The maximum atomic E-state index is 14.0. The molecule has 2 unspecified atom stereocenters. The number of sulfonamides is 1. The molecule has 0 bridgehead atoms. The van der Waals surface area contributed by atoms with Gasteiger partial charge in [0.2, 0.25) is 0 Å². The van der Waals surface area contributed by atoms with Gasteiger partial charge in [-0.25, -0.2) is 8.42 Å². The molecule has 0 spiro atoms. The molecule has 1 aliphatic heterocycles. The normalized spacial score (nSPS) is 17.6. The van der Waals surface area contributed by atoms with Crippen molar-refractivity contribution in [2.45, 2.75) is 30.3 Å². The molecule has 6 nitrogen and oxygen atoms in total. The highest BCUT2D eigenvalue weighted by Gasteiger charge is 2.41. The molecule has 1 aliphatic rings. The van der Waals surface area contributed by atoms with Crippen LogP contribution in [0.4, 0.5) is 11.4 Å². The predicted octanol–water partition coefficient (Wildman–Crippen LogP) is 6.31. The van der Waals surface area contributed by atoms with E-state index < -0.39 is 16.1 Å². The molecule has 1 amide bonds. The van der Waals surface area contributed by atoms with Crippen molar-refractivity contribution >= 4 is 38.9 Å². The Balaban J connectivity index is 1.66. The summed E-state index contributed by atoms with van der Waals surface area (Å²) < 4.78 is 34.9. The number of anilines is 2. The number of furan rings is 1. The van der Waals surface area contributed by atoms with Gasteiger partial charge in [0.25, 0.3) is 15.9 Å². The van der Waals surface area contributed by atoms with Crippen LogP contribution in [-0.4, -0.2) is 20.4 Å². The van der Waals surface area contributed by atoms with Crippen LogP contribution in [0.5, 0.6) is 0 Å². The Kier molecular flexibility index (Phi) is 6.13. The van der Waals surface area contributed by atoms with Crippen LogP contribution in [0.25, 0.3) is 0 Å². The van der Waals surface area contributed by atoms with Gasteiger partial charge in [0.1, 0.15) is 0 Å². The quantitative estimate of drug-likeness (QED) is 0.318. The summed E-state index contributed by atoms with van der Waals surface area (Å²) in [5.41, 5.74) is 1.94. The first-order chi connectivity index (χ1) is 16.9. The number of para-hydroxylation sites is 2. The number of benzene rings is 3. The van der Waals surface area contributed by atoms with E-state index in [0.29, 0.717) is 22.8 Å². The SMILES string of the molecule is CC1CC(N(c2ccccc2)S(=O)(=O)c2ccc(Cl)cc2)c2ccccc2N1C(=O)c1ccco1. The fourth-order valence-corrected chi connectivity index (χ4v) is 6.38. The molecule has 2 heterocycles. The Morgan fingerprint density at radius 1 is 0.943 bits per heavy atom. The second-order valence-electron chi connectivity index (χ2n) is 8.40. The lowest BCUT2D eigenvalue weighted by molar-refractivity contribution is 0.0947. The van der Waals surface area contributed by atoms with Crippen molar-refractivity contribution in [1.82, 2.24) is 0 Å². The minimum atomic E-state index is -3.96. The van der Waals surface area contributed by atoms with Gasteiger partial charge in [0.05, 0.1) is 22.9 Å². The van der Waals surface area contributed by atoms with Gasteiger partial charge in [-0.2, -0.15) is 0 Å². The molecule has 3 aromatic carbocycles. The standard InChI is InChI=1S/C27H23ClN2O4S/c1-19-18-25(23-10-5-6-11-24(23)29(19)27(31)26-12-7-17-34-26)30(21-8-3-2-4-9-21)35(32,33)22-15-13-20(28)14-16-22/h2-17,19,25H,18H2,1H3. The van der Waals surface area contributed by atoms with E-state index in [1.807, 2.05) is 49.4 Å². The molecule has 0 fully saturated rings. The highest BCUT2D eigenvalue weighted by molar-refractivity contribution is 7.92. The minimum Gasteiger partial charge on any atom is -0.459 e. The van der Waals surface area contributed by atoms with E-state index in [1.54, 1.807) is 41.3 Å². The fourth-order valence-electron chi connectivity index (χ4n) is 4.61. The van der Waals surface area contributed by atoms with E-state index in [2.05, 4.69) is 0 Å². The van der Waals surface area contributed by atoms with Crippen LogP contribution in [0.1, 0.15) is 35.5 Å². The summed E-state index contributed by atoms with van der Waals surface area (Å²) >= 11 is 6.03. The molecular formula is C27H23ClN2O4S. The molecule has 35 heavy (non-hydrogen) atoms. The molecule has 1 aromatic heterocycles. The fraction of sp³-hybridized carbons (Fsp3) is 0.148. The van der Waals surface area contributed by atoms with Gasteiger partial charge >= 0.3 is 0 Å². The summed E-state index contributed by atoms with van der Waals surface area (Å²) in [7, 11) is -3.96. The lowest BCUT2D eigenvalue weighted by Gasteiger charge is -2.43. The molecule has 0 radical (unpaired) electrons. The van der Waals surface area contributed by atoms with E-state index in [-0.39, 0.29) is 22.6 Å². The molecule has 4 aromatic rings. The average molecular weight is 507 g/mol. The summed E-state index contributed by atoms with van der Waals surface area (Å²) in [6, 6.07) is 25.1. The van der Waals surface area contributed by atoms with Crippen molar-refractivity contribution in [3.63, 3.8) is 0 Å². The van der Waals surface area contributed by atoms with Crippen molar-refractivity contribution in [3.8, 4) is 0 Å². The maximum Gasteiger partial charge on any atom is 0.294 e. The molecule has 0 saturated carbocycles. The molecule has 0 saturated heterocycles. The average Bonchev–Trinajstić information content (AvgIpc) is 3.40. The maximum absolute atomic E-state index is 14.0. The second kappa shape index (κ2) is 9.24. The van der Waals surface area contributed by atoms with E-state index in [0.717, 1.165) is 5.56 Å². The summed E-state index contributed by atoms with van der Waals surface area (Å²) in [6.07, 6.45) is 1.86. The van der Waals surface area contributed by atoms with Crippen molar-refractivity contribution in [2.24, 2.45) is 0 Å². The van der Waals surface area contributed by atoms with Crippen molar-refractivity contribution < 1.29 is 17.6 Å². The lowest BCUT2D eigenvalue weighted by atomic mass is 9.91. The van der Waals surface area contributed by atoms with Crippen LogP contribution >= 0.6 is 11.6 Å². The smallest absolute Gasteiger partial charge is 0.294 e. The Hall–Kier alpha value is -3.55. The lowest BCUT2D eigenvalue weighted by Crippen LogP contribution is -2.47. The van der Waals surface area contributed by atoms with Crippen LogP contribution in [0.2, 0.25) is 5.02 Å². The van der Waals surface area contributed by atoms with Gasteiger partial charge in [0.15, 0.2) is 5.76 Å². The van der Waals surface area contributed by atoms with Crippen molar-refractivity contribution in [2.75, 3.05) is 9.21 Å². The zero-order valence-corrected chi connectivity index (χ0v) is 20.5. The van der Waals surface area contributed by atoms with Crippen LogP contribution in [-0.2, 0) is 10.0 Å². The van der Waals surface area contributed by atoms with Gasteiger partial charge in [-0.05, 0) is 73.5 Å². The van der Waals surface area contributed by atoms with Crippen molar-refractivity contribution in [1.29, 1.82) is 0 Å². The Bertz CT molecular complexity index is 1440. The molecule has 8 heteroatoms. The zero-order chi connectivity index (χ0) is 24.6. The minimum absolute atomic E-state index is 0.143. The first-order valence-corrected chi connectivity index (χ1v) is 13.0. The second-order valence-corrected chi connectivity index (χ2v) is 10.7. The van der Waals surface area contributed by atoms with E-state index >= 15 is 0 Å². The number of rotatable bonds is 5. The first kappa shape index (κ1) is 23.2. The predicted molar refractivity (Wildman–Crippen MR) is 136 cm³/mol. The number of amides is 1. The number of carbonyl (C=O) groups is 1. The van der Waals surface area contributed by atoms with E-state index in [1.165, 1.54) is 22.7 Å². The number of hydrogen-bond acceptors (Lipinski definition) is 4. The van der Waals surface area contributed by atoms with Crippen LogP contribution < -0.4 is 9.21 Å². The van der Waals surface area contributed by atoms with Crippen LogP contribution in [0.3, 0.4) is 0 Å². The third kappa shape index (κ3) is 4.22. The Morgan fingerprint density at radius 3 is 2.31 bits per heavy atom. The number of hydrogen-bond donors (Lipinski definition) is 0. The topological polar surface area (TPSA) is 70.8 Å². The molecule has 0 N–H and O–H groups in total. The highest BCUT2D eigenvalue weighted by Crippen LogP contribution is 2.44. The van der Waals surface area contributed by atoms with Gasteiger partial charge < -0.3 is 9.32 Å². The van der Waals surface area contributed by atoms with Crippen LogP contribution in [0.15, 0.2) is 107 Å². The Morgan fingerprint density at radius 2 is 1.63 bits per heavy atom. The summed E-state index contributed by atoms with van der Waals surface area (Å²) in [5.74, 6) is -0.0287. The van der Waals surface area contributed by atoms with Gasteiger partial charge in [0, 0.05) is 16.8 Å². The molecule has 5 rings (SSSR count). The third-order valence-electron chi connectivity index (χ3n) is 6.18. The van der Waals surface area contributed by atoms with E-state index in [4.69, 9.17) is 16.0 Å². The molecular weight excluding hydrogens is 484 g/mol. The van der Waals surface area contributed by atoms with Gasteiger partial charge in [-0.3, -0.25) is 9.10 Å². The highest BCUT2D eigenvalue weighted by atomic mass is 35.5. The summed E-state index contributed by atoms with van der Waals surface area (Å²) in [6.45, 7) is 1.92. The van der Waals surface area contributed by atoms with Crippen molar-refractivity contribution in [3.05, 3.63) is 114 Å². The summed E-state index contributed by atoms with van der Waals surface area (Å²) in [5, 5.41) is 0.457. The monoisotopic (exact) mass is 506 g/mol. The zero-order valence-electron chi connectivity index (χ0n) is 18.9. The third-order valence-corrected chi connectivity index (χ3v) is 8.28. The number of nitrogens with zero attached hydrogens (tertiary/aromatic N) is 2. The summed E-state index contributed by atoms with van der Waals surface area (Å²) in [4.78, 5) is 15.1. The number of halogens is 1. The number of carbonyl (C=O) groups excluding carboxylic acids is 1. The van der Waals surface area contributed by atoms with Gasteiger partial charge in [-0.1, -0.05) is 48.0 Å². The van der Waals surface area contributed by atoms with Crippen LogP contribution in [0, 0.1) is 0 Å². The van der Waals surface area contributed by atoms with E-state index in [9.17, 15) is 13.2 Å². The number of fused-ring (bicyclic) bond motifs is 1. The molecule has 2 atom stereocenters. The van der Waals surface area contributed by atoms with Gasteiger partial charge in [-0.15, -0.1) is 0 Å². The molecule has 0 aliphatic carbocycles. The molecule has 178 valence electrons. The largest absolute Gasteiger partial charge is 0.459 e.